The van der Waals surface area contributed by atoms with Crippen molar-refractivity contribution in [2.45, 2.75) is 32.8 Å². The van der Waals surface area contributed by atoms with Gasteiger partial charge < -0.3 is 14.8 Å². The zero-order valence-electron chi connectivity index (χ0n) is 14.7. The maximum Gasteiger partial charge on any atom is 0.407 e. The minimum atomic E-state index is -0.482. The largest absolute Gasteiger partial charge is 0.466 e. The van der Waals surface area contributed by atoms with E-state index < -0.39 is 11.7 Å². The molecule has 0 radical (unpaired) electrons. The summed E-state index contributed by atoms with van der Waals surface area (Å²) in [5.41, 5.74) is 1.48. The summed E-state index contributed by atoms with van der Waals surface area (Å²) >= 11 is 0. The van der Waals surface area contributed by atoms with E-state index in [2.05, 4.69) is 10.1 Å². The Morgan fingerprint density at radius 2 is 1.67 bits per heavy atom. The van der Waals surface area contributed by atoms with Gasteiger partial charge in [0.15, 0.2) is 0 Å². The average molecular weight is 331 g/mol. The standard InChI is InChI=1S/C19H25NO4/c1-19(2,3)24-18(22)20-14-6-5-7-15-8-10-16(11-9-15)12-13-17(21)23-4/h5,7-13H,6,14H2,1-4H3,(H,20,22)/b7-5?,13-12+. The van der Waals surface area contributed by atoms with Crippen molar-refractivity contribution < 1.29 is 19.1 Å². The van der Waals surface area contributed by atoms with Gasteiger partial charge in [0, 0.05) is 12.6 Å². The van der Waals surface area contributed by atoms with Crippen LogP contribution in [0.25, 0.3) is 12.2 Å². The predicted octanol–water partition coefficient (Wildman–Crippen LogP) is 3.80. The van der Waals surface area contributed by atoms with E-state index in [4.69, 9.17) is 4.74 Å². The molecular weight excluding hydrogens is 306 g/mol. The molecule has 1 N–H and O–H groups in total. The predicted molar refractivity (Wildman–Crippen MR) is 95.4 cm³/mol. The van der Waals surface area contributed by atoms with E-state index in [0.717, 1.165) is 11.1 Å². The molecular formula is C19H25NO4. The smallest absolute Gasteiger partial charge is 0.407 e. The number of alkyl carbamates (subject to hydrolysis) is 1. The molecule has 1 aromatic rings. The van der Waals surface area contributed by atoms with E-state index in [-0.39, 0.29) is 5.97 Å². The van der Waals surface area contributed by atoms with Crippen LogP contribution in [-0.4, -0.2) is 31.3 Å². The molecule has 0 aliphatic heterocycles. The van der Waals surface area contributed by atoms with Gasteiger partial charge in [-0.1, -0.05) is 36.4 Å². The average Bonchev–Trinajstić information content (AvgIpc) is 2.51. The lowest BCUT2D eigenvalue weighted by molar-refractivity contribution is -0.134. The highest BCUT2D eigenvalue weighted by molar-refractivity contribution is 5.86. The van der Waals surface area contributed by atoms with Gasteiger partial charge in [0.05, 0.1) is 7.11 Å². The maximum absolute atomic E-state index is 11.5. The van der Waals surface area contributed by atoms with E-state index in [1.54, 1.807) is 6.08 Å². The van der Waals surface area contributed by atoms with E-state index >= 15 is 0 Å². The quantitative estimate of drug-likeness (QED) is 0.489. The first-order chi connectivity index (χ1) is 11.3. The van der Waals surface area contributed by atoms with Gasteiger partial charge in [0.1, 0.15) is 5.60 Å². The lowest BCUT2D eigenvalue weighted by Gasteiger charge is -2.19. The second-order valence-corrected chi connectivity index (χ2v) is 6.14. The molecule has 1 rings (SSSR count). The summed E-state index contributed by atoms with van der Waals surface area (Å²) < 4.78 is 9.69. The van der Waals surface area contributed by atoms with Crippen molar-refractivity contribution in [2.75, 3.05) is 13.7 Å². The molecule has 0 bridgehead atoms. The third-order valence-corrected chi connectivity index (χ3v) is 2.84. The van der Waals surface area contributed by atoms with E-state index in [1.165, 1.54) is 13.2 Å². The molecule has 0 aromatic heterocycles. The molecule has 0 aliphatic carbocycles. The monoisotopic (exact) mass is 331 g/mol. The van der Waals surface area contributed by atoms with Crippen LogP contribution in [0, 0.1) is 0 Å². The van der Waals surface area contributed by atoms with Crippen molar-refractivity contribution in [3.05, 3.63) is 47.5 Å². The van der Waals surface area contributed by atoms with E-state index in [1.807, 2.05) is 57.2 Å². The minimum absolute atomic E-state index is 0.378. The molecule has 5 nitrogen and oxygen atoms in total. The normalized spacial score (nSPS) is 11.7. The third-order valence-electron chi connectivity index (χ3n) is 2.84. The number of carbonyl (C=O) groups is 2. The number of methoxy groups -OCH3 is 1. The van der Waals surface area contributed by atoms with Crippen LogP contribution in [0.5, 0.6) is 0 Å². The highest BCUT2D eigenvalue weighted by Gasteiger charge is 2.15. The number of hydrogen-bond donors (Lipinski definition) is 1. The minimum Gasteiger partial charge on any atom is -0.466 e. The van der Waals surface area contributed by atoms with Gasteiger partial charge in [-0.2, -0.15) is 0 Å². The second-order valence-electron chi connectivity index (χ2n) is 6.14. The second kappa shape index (κ2) is 9.55. The molecule has 130 valence electrons. The summed E-state index contributed by atoms with van der Waals surface area (Å²) in [5, 5.41) is 2.70. The maximum atomic E-state index is 11.5. The summed E-state index contributed by atoms with van der Waals surface area (Å²) in [4.78, 5) is 22.5. The number of benzene rings is 1. The Balaban J connectivity index is 2.36. The molecule has 0 fully saturated rings. The Hall–Kier alpha value is -2.56. The zero-order valence-corrected chi connectivity index (χ0v) is 14.7. The van der Waals surface area contributed by atoms with Crippen molar-refractivity contribution in [1.82, 2.24) is 5.32 Å². The molecule has 1 amide bonds. The summed E-state index contributed by atoms with van der Waals surface area (Å²) in [6.07, 6.45) is 7.35. The van der Waals surface area contributed by atoms with Gasteiger partial charge in [0.2, 0.25) is 0 Å². The van der Waals surface area contributed by atoms with Gasteiger partial charge in [-0.25, -0.2) is 9.59 Å². The van der Waals surface area contributed by atoms with Crippen LogP contribution in [0.2, 0.25) is 0 Å². The molecule has 0 aliphatic rings. The van der Waals surface area contributed by atoms with E-state index in [0.29, 0.717) is 13.0 Å². The number of amides is 1. The highest BCUT2D eigenvalue weighted by Crippen LogP contribution is 2.09. The van der Waals surface area contributed by atoms with Gasteiger partial charge in [0.25, 0.3) is 0 Å². The van der Waals surface area contributed by atoms with Crippen molar-refractivity contribution in [3.8, 4) is 0 Å². The van der Waals surface area contributed by atoms with Crippen LogP contribution in [0.1, 0.15) is 38.3 Å². The fraction of sp³-hybridized carbons (Fsp3) is 0.368. The Morgan fingerprint density at radius 3 is 2.21 bits per heavy atom. The molecule has 0 unspecified atom stereocenters. The van der Waals surface area contributed by atoms with Gasteiger partial charge in [-0.05, 0) is 44.4 Å². The zero-order chi connectivity index (χ0) is 18.0. The molecule has 0 saturated carbocycles. The SMILES string of the molecule is COC(=O)/C=C/c1ccc(C=CCCNC(=O)OC(C)(C)C)cc1. The van der Waals surface area contributed by atoms with Crippen molar-refractivity contribution in [3.63, 3.8) is 0 Å². The summed E-state index contributed by atoms with van der Waals surface area (Å²) in [7, 11) is 1.35. The Morgan fingerprint density at radius 1 is 1.08 bits per heavy atom. The van der Waals surface area contributed by atoms with Gasteiger partial charge >= 0.3 is 12.1 Å². The fourth-order valence-corrected chi connectivity index (χ4v) is 1.74. The fourth-order valence-electron chi connectivity index (χ4n) is 1.74. The lowest BCUT2D eigenvalue weighted by Crippen LogP contribution is -2.32. The molecule has 1 aromatic carbocycles. The van der Waals surface area contributed by atoms with Crippen LogP contribution in [-0.2, 0) is 14.3 Å². The van der Waals surface area contributed by atoms with Crippen molar-refractivity contribution in [2.24, 2.45) is 0 Å². The molecule has 0 spiro atoms. The van der Waals surface area contributed by atoms with Crippen LogP contribution >= 0.6 is 0 Å². The highest BCUT2D eigenvalue weighted by atomic mass is 16.6. The van der Waals surface area contributed by atoms with Crippen LogP contribution in [0.15, 0.2) is 36.4 Å². The molecule has 0 heterocycles. The van der Waals surface area contributed by atoms with Crippen LogP contribution in [0.3, 0.4) is 0 Å². The first-order valence-corrected chi connectivity index (χ1v) is 7.79. The van der Waals surface area contributed by atoms with Crippen LogP contribution < -0.4 is 5.32 Å². The van der Waals surface area contributed by atoms with E-state index in [9.17, 15) is 9.59 Å². The molecule has 0 atom stereocenters. The Kier molecular flexibility index (Phi) is 7.75. The van der Waals surface area contributed by atoms with Gasteiger partial charge in [-0.3, -0.25) is 0 Å². The Labute approximate surface area is 143 Å². The first-order valence-electron chi connectivity index (χ1n) is 7.79. The number of ether oxygens (including phenoxy) is 2. The number of carbonyl (C=O) groups excluding carboxylic acids is 2. The summed E-state index contributed by atoms with van der Waals surface area (Å²) in [6, 6.07) is 7.74. The summed E-state index contributed by atoms with van der Waals surface area (Å²) in [5.74, 6) is -0.378. The van der Waals surface area contributed by atoms with Crippen LogP contribution in [0.4, 0.5) is 4.79 Å². The topological polar surface area (TPSA) is 64.6 Å². The van der Waals surface area contributed by atoms with Gasteiger partial charge in [-0.15, -0.1) is 0 Å². The molecule has 0 saturated heterocycles. The third kappa shape index (κ3) is 8.78. The van der Waals surface area contributed by atoms with Crippen molar-refractivity contribution >= 4 is 24.2 Å². The number of esters is 1. The lowest BCUT2D eigenvalue weighted by atomic mass is 10.1. The Bertz CT molecular complexity index is 595. The number of nitrogens with one attached hydrogen (secondary N) is 1. The number of hydrogen-bond acceptors (Lipinski definition) is 4. The summed E-state index contributed by atoms with van der Waals surface area (Å²) in [6.45, 7) is 6.01. The van der Waals surface area contributed by atoms with Crippen molar-refractivity contribution in [1.29, 1.82) is 0 Å². The first kappa shape index (κ1) is 19.5. The molecule has 24 heavy (non-hydrogen) atoms. The molecule has 5 heteroatoms. The number of rotatable bonds is 6.